The molecule has 22 heavy (non-hydrogen) atoms. The molecule has 0 aliphatic rings. The summed E-state index contributed by atoms with van der Waals surface area (Å²) in [5, 5.41) is 2.93. The zero-order chi connectivity index (χ0) is 15.9. The molecule has 0 atom stereocenters. The van der Waals surface area contributed by atoms with Gasteiger partial charge in [-0.05, 0) is 49.1 Å². The van der Waals surface area contributed by atoms with E-state index in [-0.39, 0.29) is 5.91 Å². The lowest BCUT2D eigenvalue weighted by Gasteiger charge is -2.11. The molecule has 2 rings (SSSR count). The maximum absolute atomic E-state index is 11.9. The van der Waals surface area contributed by atoms with E-state index in [1.807, 2.05) is 19.1 Å². The highest BCUT2D eigenvalue weighted by molar-refractivity contribution is 5.91. The molecule has 1 amide bonds. The Morgan fingerprint density at radius 2 is 2.00 bits per heavy atom. The van der Waals surface area contributed by atoms with Crippen molar-refractivity contribution in [1.82, 2.24) is 9.97 Å². The van der Waals surface area contributed by atoms with Gasteiger partial charge in [0.15, 0.2) is 0 Å². The van der Waals surface area contributed by atoms with Crippen molar-refractivity contribution in [1.29, 1.82) is 0 Å². The van der Waals surface area contributed by atoms with Gasteiger partial charge in [0.2, 0.25) is 5.91 Å². The van der Waals surface area contributed by atoms with Gasteiger partial charge in [0, 0.05) is 24.5 Å². The number of hydrogen-bond acceptors (Lipinski definition) is 4. The average molecular weight is 299 g/mol. The van der Waals surface area contributed by atoms with E-state index in [0.717, 1.165) is 17.7 Å². The van der Waals surface area contributed by atoms with E-state index in [1.165, 1.54) is 0 Å². The Balaban J connectivity index is 1.99. The third-order valence-electron chi connectivity index (χ3n) is 3.17. The molecule has 0 spiro atoms. The first kappa shape index (κ1) is 15.9. The number of hydrogen-bond donors (Lipinski definition) is 1. The van der Waals surface area contributed by atoms with Gasteiger partial charge in [0.1, 0.15) is 5.75 Å². The summed E-state index contributed by atoms with van der Waals surface area (Å²) in [5.41, 5.74) is 1.74. The summed E-state index contributed by atoms with van der Waals surface area (Å²) in [6, 6.07) is 7.51. The highest BCUT2D eigenvalue weighted by Crippen LogP contribution is 2.24. The number of benzene rings is 1. The minimum atomic E-state index is 0.0388. The summed E-state index contributed by atoms with van der Waals surface area (Å²) in [4.78, 5) is 19.9. The molecule has 116 valence electrons. The fourth-order valence-corrected chi connectivity index (χ4v) is 1.92. The summed E-state index contributed by atoms with van der Waals surface area (Å²) in [5.74, 6) is 1.20. The van der Waals surface area contributed by atoms with Crippen LogP contribution in [0.5, 0.6) is 11.8 Å². The van der Waals surface area contributed by atoms with Crippen molar-refractivity contribution >= 4 is 11.6 Å². The van der Waals surface area contributed by atoms with Crippen molar-refractivity contribution in [2.75, 3.05) is 5.32 Å². The lowest BCUT2D eigenvalue weighted by Crippen LogP contribution is -2.13. The normalized spacial score (nSPS) is 10.5. The molecule has 0 radical (unpaired) electrons. The Morgan fingerprint density at radius 3 is 2.64 bits per heavy atom. The summed E-state index contributed by atoms with van der Waals surface area (Å²) in [6.45, 7) is 6.14. The lowest BCUT2D eigenvalue weighted by atomic mass is 10.1. The van der Waals surface area contributed by atoms with Crippen LogP contribution in [0.3, 0.4) is 0 Å². The predicted molar refractivity (Wildman–Crippen MR) is 86.0 cm³/mol. The number of rotatable bonds is 6. The molecule has 0 saturated heterocycles. The van der Waals surface area contributed by atoms with Gasteiger partial charge < -0.3 is 10.1 Å². The number of aryl methyl sites for hydroxylation is 1. The average Bonchev–Trinajstić information content (AvgIpc) is 2.49. The fraction of sp³-hybridized carbons (Fsp3) is 0.353. The highest BCUT2D eigenvalue weighted by Gasteiger charge is 2.08. The number of aromatic nitrogens is 2. The molecular weight excluding hydrogens is 278 g/mol. The third-order valence-corrected chi connectivity index (χ3v) is 3.17. The monoisotopic (exact) mass is 299 g/mol. The third kappa shape index (κ3) is 4.84. The lowest BCUT2D eigenvalue weighted by molar-refractivity contribution is -0.116. The minimum absolute atomic E-state index is 0.0388. The van der Waals surface area contributed by atoms with E-state index in [2.05, 4.69) is 29.1 Å². The molecule has 0 unspecified atom stereocenters. The maximum atomic E-state index is 11.9. The van der Waals surface area contributed by atoms with Gasteiger partial charge in [0.05, 0.1) is 0 Å². The molecule has 5 nitrogen and oxygen atoms in total. The van der Waals surface area contributed by atoms with Gasteiger partial charge in [-0.25, -0.2) is 9.97 Å². The number of ether oxygens (including phenoxy) is 1. The molecule has 1 N–H and O–H groups in total. The first-order chi connectivity index (χ1) is 10.5. The quantitative estimate of drug-likeness (QED) is 0.877. The van der Waals surface area contributed by atoms with Crippen molar-refractivity contribution < 1.29 is 9.53 Å². The number of amides is 1. The Bertz CT molecular complexity index is 627. The second-order valence-electron chi connectivity index (χ2n) is 5.59. The van der Waals surface area contributed by atoms with Crippen LogP contribution < -0.4 is 10.1 Å². The van der Waals surface area contributed by atoms with Crippen molar-refractivity contribution in [3.63, 3.8) is 0 Å². The molecule has 1 heterocycles. The van der Waals surface area contributed by atoms with Crippen LogP contribution in [-0.2, 0) is 4.79 Å². The van der Waals surface area contributed by atoms with Crippen LogP contribution in [0.25, 0.3) is 0 Å². The van der Waals surface area contributed by atoms with Crippen LogP contribution in [0, 0.1) is 12.8 Å². The maximum Gasteiger partial charge on any atom is 0.321 e. The van der Waals surface area contributed by atoms with Crippen LogP contribution in [-0.4, -0.2) is 15.9 Å². The van der Waals surface area contributed by atoms with E-state index >= 15 is 0 Å². The number of anilines is 1. The zero-order valence-corrected chi connectivity index (χ0v) is 13.2. The molecule has 5 heteroatoms. The second-order valence-corrected chi connectivity index (χ2v) is 5.59. The van der Waals surface area contributed by atoms with Crippen LogP contribution in [0.1, 0.15) is 32.3 Å². The molecule has 2 aromatic rings. The number of nitrogens with zero attached hydrogens (tertiary/aromatic N) is 2. The fourth-order valence-electron chi connectivity index (χ4n) is 1.92. The van der Waals surface area contributed by atoms with Crippen molar-refractivity contribution in [2.45, 2.75) is 33.6 Å². The van der Waals surface area contributed by atoms with Gasteiger partial charge in [0.25, 0.3) is 0 Å². The van der Waals surface area contributed by atoms with E-state index in [4.69, 9.17) is 4.74 Å². The molecule has 0 fully saturated rings. The Kier molecular flexibility index (Phi) is 5.47. The number of carbonyl (C=O) groups excluding carboxylic acids is 1. The van der Waals surface area contributed by atoms with Crippen molar-refractivity contribution in [3.8, 4) is 11.8 Å². The van der Waals surface area contributed by atoms with Gasteiger partial charge in [-0.1, -0.05) is 13.8 Å². The smallest absolute Gasteiger partial charge is 0.321 e. The summed E-state index contributed by atoms with van der Waals surface area (Å²) in [6.07, 6.45) is 4.67. The van der Waals surface area contributed by atoms with Gasteiger partial charge in [-0.3, -0.25) is 4.79 Å². The molecule has 0 saturated carbocycles. The SMILES string of the molecule is Cc1cc(Oc2ncccn2)ccc1NC(=O)CCC(C)C. The van der Waals surface area contributed by atoms with Crippen LogP contribution in [0.2, 0.25) is 0 Å². The Morgan fingerprint density at radius 1 is 1.27 bits per heavy atom. The molecule has 0 bridgehead atoms. The van der Waals surface area contributed by atoms with Crippen molar-refractivity contribution in [2.24, 2.45) is 5.92 Å². The Labute approximate surface area is 130 Å². The second kappa shape index (κ2) is 7.54. The standard InChI is InChI=1S/C17H21N3O2/c1-12(2)5-8-16(21)20-15-7-6-14(11-13(15)3)22-17-18-9-4-10-19-17/h4,6-7,9-12H,5,8H2,1-3H3,(H,20,21). The van der Waals surface area contributed by atoms with E-state index in [0.29, 0.717) is 24.1 Å². The molecule has 1 aromatic carbocycles. The largest absolute Gasteiger partial charge is 0.424 e. The van der Waals surface area contributed by atoms with Gasteiger partial charge in [-0.15, -0.1) is 0 Å². The zero-order valence-electron chi connectivity index (χ0n) is 13.2. The van der Waals surface area contributed by atoms with Gasteiger partial charge in [-0.2, -0.15) is 0 Å². The topological polar surface area (TPSA) is 64.1 Å². The predicted octanol–water partition coefficient (Wildman–Crippen LogP) is 3.95. The first-order valence-electron chi connectivity index (χ1n) is 7.40. The Hall–Kier alpha value is -2.43. The highest BCUT2D eigenvalue weighted by atomic mass is 16.5. The number of nitrogens with one attached hydrogen (secondary N) is 1. The van der Waals surface area contributed by atoms with Gasteiger partial charge >= 0.3 is 6.01 Å². The van der Waals surface area contributed by atoms with Crippen LogP contribution in [0.4, 0.5) is 5.69 Å². The van der Waals surface area contributed by atoms with Crippen molar-refractivity contribution in [3.05, 3.63) is 42.2 Å². The summed E-state index contributed by atoms with van der Waals surface area (Å²) < 4.78 is 5.56. The van der Waals surface area contributed by atoms with Crippen LogP contribution in [0.15, 0.2) is 36.7 Å². The summed E-state index contributed by atoms with van der Waals surface area (Å²) in [7, 11) is 0. The molecule has 0 aliphatic carbocycles. The molecule has 0 aliphatic heterocycles. The first-order valence-corrected chi connectivity index (χ1v) is 7.40. The number of carbonyl (C=O) groups is 1. The van der Waals surface area contributed by atoms with E-state index in [1.54, 1.807) is 24.5 Å². The summed E-state index contributed by atoms with van der Waals surface area (Å²) >= 11 is 0. The minimum Gasteiger partial charge on any atom is -0.424 e. The van der Waals surface area contributed by atoms with E-state index in [9.17, 15) is 4.79 Å². The molecular formula is C17H21N3O2. The molecule has 1 aromatic heterocycles. The van der Waals surface area contributed by atoms with E-state index < -0.39 is 0 Å². The van der Waals surface area contributed by atoms with Crippen LogP contribution >= 0.6 is 0 Å².